The maximum atomic E-state index is 12.0. The number of hydrogen-bond donors (Lipinski definition) is 1. The predicted molar refractivity (Wildman–Crippen MR) is 96.0 cm³/mol. The number of fused-ring (bicyclic) bond motifs is 1. The molecule has 0 radical (unpaired) electrons. The van der Waals surface area contributed by atoms with E-state index in [4.69, 9.17) is 9.47 Å². The van der Waals surface area contributed by atoms with Crippen molar-refractivity contribution < 1.29 is 22.7 Å². The SMILES string of the molecule is CCOc1ccc(OC(=O)CCN=C2NS(=O)(=O)c3ccccc32)cc1. The van der Waals surface area contributed by atoms with E-state index in [1.807, 2.05) is 6.92 Å². The van der Waals surface area contributed by atoms with Crippen molar-refractivity contribution >= 4 is 21.8 Å². The summed E-state index contributed by atoms with van der Waals surface area (Å²) in [4.78, 5) is 16.3. The molecule has 0 bridgehead atoms. The number of carbonyl (C=O) groups is 1. The average Bonchev–Trinajstić information content (AvgIpc) is 2.88. The number of rotatable bonds is 6. The van der Waals surface area contributed by atoms with Gasteiger partial charge in [-0.3, -0.25) is 14.5 Å². The van der Waals surface area contributed by atoms with Crippen molar-refractivity contribution in [3.05, 3.63) is 54.1 Å². The van der Waals surface area contributed by atoms with Crippen LogP contribution in [0.15, 0.2) is 58.4 Å². The van der Waals surface area contributed by atoms with E-state index < -0.39 is 16.0 Å². The smallest absolute Gasteiger partial charge is 0.313 e. The second-order valence-corrected chi connectivity index (χ2v) is 7.11. The van der Waals surface area contributed by atoms with Crippen LogP contribution in [0.2, 0.25) is 0 Å². The monoisotopic (exact) mass is 374 g/mol. The highest BCUT2D eigenvalue weighted by atomic mass is 32.2. The van der Waals surface area contributed by atoms with Gasteiger partial charge < -0.3 is 9.47 Å². The van der Waals surface area contributed by atoms with E-state index in [0.29, 0.717) is 23.7 Å². The lowest BCUT2D eigenvalue weighted by Gasteiger charge is -2.06. The summed E-state index contributed by atoms with van der Waals surface area (Å²) in [6, 6.07) is 13.3. The number of aliphatic imine (C=N–C) groups is 1. The fourth-order valence-electron chi connectivity index (χ4n) is 2.46. The number of nitrogens with zero attached hydrogens (tertiary/aromatic N) is 1. The Hall–Kier alpha value is -2.87. The highest BCUT2D eigenvalue weighted by molar-refractivity contribution is 7.90. The molecule has 0 saturated heterocycles. The second-order valence-electron chi connectivity index (χ2n) is 5.46. The normalized spacial score (nSPS) is 16.0. The minimum atomic E-state index is -3.57. The largest absolute Gasteiger partial charge is 0.494 e. The molecule has 26 heavy (non-hydrogen) atoms. The molecule has 3 rings (SSSR count). The van der Waals surface area contributed by atoms with Gasteiger partial charge in [0.1, 0.15) is 17.3 Å². The molecular formula is C18H18N2O5S. The van der Waals surface area contributed by atoms with Crippen LogP contribution in [0.25, 0.3) is 0 Å². The molecule has 0 atom stereocenters. The van der Waals surface area contributed by atoms with E-state index in [1.54, 1.807) is 42.5 Å². The van der Waals surface area contributed by atoms with Gasteiger partial charge in [0.25, 0.3) is 10.0 Å². The number of carbonyl (C=O) groups excluding carboxylic acids is 1. The van der Waals surface area contributed by atoms with E-state index in [-0.39, 0.29) is 23.7 Å². The Labute approximate surface area is 151 Å². The number of ether oxygens (including phenoxy) is 2. The molecule has 0 aromatic heterocycles. The van der Waals surface area contributed by atoms with E-state index in [2.05, 4.69) is 9.71 Å². The number of hydrogen-bond acceptors (Lipinski definition) is 6. The number of esters is 1. The molecule has 0 fully saturated rings. The number of amidine groups is 1. The van der Waals surface area contributed by atoms with E-state index in [1.165, 1.54) is 6.07 Å². The van der Waals surface area contributed by atoms with Crippen molar-refractivity contribution in [2.45, 2.75) is 18.2 Å². The van der Waals surface area contributed by atoms with Gasteiger partial charge in [-0.05, 0) is 43.3 Å². The molecule has 0 unspecified atom stereocenters. The molecule has 7 nitrogen and oxygen atoms in total. The van der Waals surface area contributed by atoms with Gasteiger partial charge in [-0.15, -0.1) is 0 Å². The van der Waals surface area contributed by atoms with Crippen molar-refractivity contribution in [1.29, 1.82) is 0 Å². The lowest BCUT2D eigenvalue weighted by atomic mass is 10.2. The van der Waals surface area contributed by atoms with Crippen LogP contribution >= 0.6 is 0 Å². The van der Waals surface area contributed by atoms with Crippen LogP contribution in [0.4, 0.5) is 0 Å². The molecule has 2 aromatic carbocycles. The maximum Gasteiger partial charge on any atom is 0.313 e. The molecule has 1 aliphatic heterocycles. The summed E-state index contributed by atoms with van der Waals surface area (Å²) in [5, 5.41) is 0. The molecule has 0 aliphatic carbocycles. The first-order chi connectivity index (χ1) is 12.5. The van der Waals surface area contributed by atoms with Gasteiger partial charge in [-0.1, -0.05) is 12.1 Å². The fourth-order valence-corrected chi connectivity index (χ4v) is 3.71. The standard InChI is InChI=1S/C18H18N2O5S/c1-2-24-13-7-9-14(10-8-13)25-17(21)11-12-19-18-15-5-3-4-6-16(15)26(22,23)20-18/h3-10H,2,11-12H2,1H3,(H,19,20). The van der Waals surface area contributed by atoms with Gasteiger partial charge >= 0.3 is 5.97 Å². The van der Waals surface area contributed by atoms with Crippen LogP contribution in [0.3, 0.4) is 0 Å². The molecular weight excluding hydrogens is 356 g/mol. The van der Waals surface area contributed by atoms with Crippen molar-refractivity contribution in [3.63, 3.8) is 0 Å². The highest BCUT2D eigenvalue weighted by Gasteiger charge is 2.29. The summed E-state index contributed by atoms with van der Waals surface area (Å²) in [6.07, 6.45) is 0.0284. The number of sulfonamides is 1. The van der Waals surface area contributed by atoms with E-state index >= 15 is 0 Å². The van der Waals surface area contributed by atoms with Crippen LogP contribution in [-0.2, 0) is 14.8 Å². The fraction of sp³-hybridized carbons (Fsp3) is 0.222. The first-order valence-electron chi connectivity index (χ1n) is 8.10. The lowest BCUT2D eigenvalue weighted by Crippen LogP contribution is -2.22. The zero-order chi connectivity index (χ0) is 18.6. The molecule has 0 saturated carbocycles. The average molecular weight is 374 g/mol. The molecule has 1 aliphatic rings. The Morgan fingerprint density at radius 2 is 1.77 bits per heavy atom. The van der Waals surface area contributed by atoms with Crippen molar-refractivity contribution in [2.75, 3.05) is 13.2 Å². The Morgan fingerprint density at radius 3 is 2.50 bits per heavy atom. The lowest BCUT2D eigenvalue weighted by molar-refractivity contribution is -0.134. The van der Waals surface area contributed by atoms with Gasteiger partial charge in [-0.2, -0.15) is 0 Å². The minimum Gasteiger partial charge on any atom is -0.494 e. The van der Waals surface area contributed by atoms with Crippen LogP contribution in [0, 0.1) is 0 Å². The Morgan fingerprint density at radius 1 is 1.08 bits per heavy atom. The summed E-state index contributed by atoms with van der Waals surface area (Å²) < 4.78 is 36.9. The zero-order valence-electron chi connectivity index (χ0n) is 14.1. The van der Waals surface area contributed by atoms with Crippen LogP contribution in [-0.4, -0.2) is 33.4 Å². The van der Waals surface area contributed by atoms with Crippen molar-refractivity contribution in [3.8, 4) is 11.5 Å². The topological polar surface area (TPSA) is 94.1 Å². The first-order valence-corrected chi connectivity index (χ1v) is 9.58. The number of nitrogens with one attached hydrogen (secondary N) is 1. The van der Waals surface area contributed by atoms with Gasteiger partial charge in [0.15, 0.2) is 0 Å². The van der Waals surface area contributed by atoms with Crippen LogP contribution < -0.4 is 14.2 Å². The summed E-state index contributed by atoms with van der Waals surface area (Å²) in [5.74, 6) is 0.908. The molecule has 0 spiro atoms. The molecule has 0 amide bonds. The summed E-state index contributed by atoms with van der Waals surface area (Å²) in [5.41, 5.74) is 0.507. The van der Waals surface area contributed by atoms with Crippen LogP contribution in [0.5, 0.6) is 11.5 Å². The van der Waals surface area contributed by atoms with Crippen molar-refractivity contribution in [2.24, 2.45) is 4.99 Å². The number of benzene rings is 2. The third-order valence-corrected chi connectivity index (χ3v) is 5.01. The van der Waals surface area contributed by atoms with Crippen LogP contribution in [0.1, 0.15) is 18.9 Å². The Balaban J connectivity index is 1.58. The quantitative estimate of drug-likeness (QED) is 0.617. The summed E-state index contributed by atoms with van der Waals surface area (Å²) in [6.45, 7) is 2.56. The van der Waals surface area contributed by atoms with E-state index in [0.717, 1.165) is 0 Å². The third-order valence-electron chi connectivity index (χ3n) is 3.62. The molecule has 1 heterocycles. The zero-order valence-corrected chi connectivity index (χ0v) is 15.0. The highest BCUT2D eigenvalue weighted by Crippen LogP contribution is 2.22. The van der Waals surface area contributed by atoms with Gasteiger partial charge in [0.05, 0.1) is 24.5 Å². The summed E-state index contributed by atoms with van der Waals surface area (Å²) >= 11 is 0. The van der Waals surface area contributed by atoms with Gasteiger partial charge in [0, 0.05) is 5.56 Å². The van der Waals surface area contributed by atoms with Gasteiger partial charge in [-0.25, -0.2) is 8.42 Å². The van der Waals surface area contributed by atoms with E-state index in [9.17, 15) is 13.2 Å². The van der Waals surface area contributed by atoms with Crippen molar-refractivity contribution in [1.82, 2.24) is 4.72 Å². The van der Waals surface area contributed by atoms with Gasteiger partial charge in [0.2, 0.25) is 0 Å². The molecule has 1 N–H and O–H groups in total. The molecule has 136 valence electrons. The Bertz CT molecular complexity index is 936. The molecule has 2 aromatic rings. The predicted octanol–water partition coefficient (Wildman–Crippen LogP) is 2.12. The third kappa shape index (κ3) is 4.02. The maximum absolute atomic E-state index is 12.0. The summed E-state index contributed by atoms with van der Waals surface area (Å²) in [7, 11) is -3.57. The molecule has 8 heteroatoms. The first kappa shape index (κ1) is 17.9. The Kier molecular flexibility index (Phi) is 5.22. The second kappa shape index (κ2) is 7.57. The minimum absolute atomic E-state index is 0.0284.